The van der Waals surface area contributed by atoms with Crippen LogP contribution in [0, 0.1) is 0 Å². The Morgan fingerprint density at radius 1 is 1.14 bits per heavy atom. The monoisotopic (exact) mass is 546 g/mol. The van der Waals surface area contributed by atoms with Crippen LogP contribution in [0.5, 0.6) is 0 Å². The summed E-state index contributed by atoms with van der Waals surface area (Å²) in [4.78, 5) is 27.4. The van der Waals surface area contributed by atoms with Crippen LogP contribution >= 0.6 is 23.2 Å². The van der Waals surface area contributed by atoms with Crippen LogP contribution in [0.1, 0.15) is 41.3 Å². The van der Waals surface area contributed by atoms with Crippen molar-refractivity contribution in [2.45, 2.75) is 38.2 Å². The zero-order valence-electron chi connectivity index (χ0n) is 19.4. The van der Waals surface area contributed by atoms with E-state index in [1.165, 1.54) is 25.1 Å². The lowest BCUT2D eigenvalue weighted by molar-refractivity contribution is -0.275. The number of fused-ring (bicyclic) bond motifs is 1. The lowest BCUT2D eigenvalue weighted by Gasteiger charge is -2.29. The fourth-order valence-corrected chi connectivity index (χ4v) is 5.04. The van der Waals surface area contributed by atoms with Gasteiger partial charge in [0.2, 0.25) is 5.91 Å². The summed E-state index contributed by atoms with van der Waals surface area (Å²) in [6.07, 6.45) is -3.67. The van der Waals surface area contributed by atoms with Gasteiger partial charge in [0.1, 0.15) is 5.84 Å². The number of halogens is 5. The third-order valence-corrected chi connectivity index (χ3v) is 6.63. The van der Waals surface area contributed by atoms with E-state index in [9.17, 15) is 18.0 Å². The van der Waals surface area contributed by atoms with Crippen LogP contribution in [-0.2, 0) is 28.3 Å². The zero-order valence-corrected chi connectivity index (χ0v) is 20.9. The molecule has 1 aromatic heterocycles. The maximum atomic E-state index is 14.4. The Morgan fingerprint density at radius 3 is 2.54 bits per heavy atom. The molecule has 0 radical (unpaired) electrons. The molecule has 0 bridgehead atoms. The number of carbonyl (C=O) groups excluding carboxylic acids is 1. The molecule has 1 unspecified atom stereocenters. The molecule has 0 saturated carbocycles. The van der Waals surface area contributed by atoms with Gasteiger partial charge in [-0.3, -0.25) is 9.78 Å². The molecule has 2 aliphatic rings. The van der Waals surface area contributed by atoms with Gasteiger partial charge in [0.05, 0.1) is 18.0 Å². The second-order valence-electron chi connectivity index (χ2n) is 8.79. The fourth-order valence-electron chi connectivity index (χ4n) is 4.52. The second kappa shape index (κ2) is 9.46. The quantitative estimate of drug-likeness (QED) is 0.386. The van der Waals surface area contributed by atoms with Gasteiger partial charge in [-0.25, -0.2) is 0 Å². The number of aromatic nitrogens is 1. The summed E-state index contributed by atoms with van der Waals surface area (Å²) >= 11 is 12.0. The average Bonchev–Trinajstić information content (AvgIpc) is 3.42. The van der Waals surface area contributed by atoms with Crippen molar-refractivity contribution < 1.29 is 22.8 Å². The number of benzene rings is 2. The summed E-state index contributed by atoms with van der Waals surface area (Å²) in [6, 6.07) is 14.4. The molecule has 6 nitrogen and oxygen atoms in total. The largest absolute Gasteiger partial charge is 0.435 e. The highest BCUT2D eigenvalue weighted by atomic mass is 35.5. The van der Waals surface area contributed by atoms with Crippen molar-refractivity contribution in [3.63, 3.8) is 0 Å². The summed E-state index contributed by atoms with van der Waals surface area (Å²) in [6.45, 7) is 2.17. The minimum atomic E-state index is -4.79. The average molecular weight is 547 g/mol. The van der Waals surface area contributed by atoms with Crippen molar-refractivity contribution in [3.05, 3.63) is 98.8 Å². The highest BCUT2D eigenvalue weighted by Crippen LogP contribution is 2.49. The topological polar surface area (TPSA) is 67.2 Å². The van der Waals surface area contributed by atoms with Gasteiger partial charge in [-0.2, -0.15) is 18.2 Å². The molecule has 0 saturated heterocycles. The third kappa shape index (κ3) is 4.81. The highest BCUT2D eigenvalue weighted by molar-refractivity contribution is 6.34. The number of pyridine rings is 1. The van der Waals surface area contributed by atoms with Crippen molar-refractivity contribution >= 4 is 40.7 Å². The van der Waals surface area contributed by atoms with E-state index in [1.807, 2.05) is 23.1 Å². The van der Waals surface area contributed by atoms with Gasteiger partial charge in [-0.1, -0.05) is 46.6 Å². The molecule has 1 atom stereocenters. The first kappa shape index (κ1) is 25.2. The standard InChI is InChI=1S/C26H19Cl2F3N4O2/c1-15(36)33-24-22-6-5-16(8-17(22)13-35(24)14-21-4-2-3-7-32-21)23-12-25(37-34-23,26(29,30)31)18-9-19(27)11-20(28)10-18/h2-11H,12-14H2,1H3. The summed E-state index contributed by atoms with van der Waals surface area (Å²) < 4.78 is 43.1. The van der Waals surface area contributed by atoms with Gasteiger partial charge in [-0.15, -0.1) is 0 Å². The van der Waals surface area contributed by atoms with Gasteiger partial charge < -0.3 is 9.74 Å². The van der Waals surface area contributed by atoms with Gasteiger partial charge in [0.25, 0.3) is 5.60 Å². The number of rotatable bonds is 4. The minimum Gasteiger partial charge on any atom is -0.374 e. The SMILES string of the molecule is CC(=O)N=C1c2ccc(C3=NOC(c4cc(Cl)cc(Cl)c4)(C(F)(F)F)C3)cc2CN1Cc1ccccn1. The molecule has 0 N–H and O–H groups in total. The lowest BCUT2D eigenvalue weighted by atomic mass is 9.86. The van der Waals surface area contributed by atoms with E-state index in [-0.39, 0.29) is 27.2 Å². The second-order valence-corrected chi connectivity index (χ2v) is 9.67. The van der Waals surface area contributed by atoms with Gasteiger partial charge in [0.15, 0.2) is 0 Å². The number of amidine groups is 1. The van der Waals surface area contributed by atoms with Crippen LogP contribution in [-0.4, -0.2) is 33.5 Å². The Morgan fingerprint density at radius 2 is 1.89 bits per heavy atom. The number of alkyl halides is 3. The van der Waals surface area contributed by atoms with E-state index in [1.54, 1.807) is 24.4 Å². The van der Waals surface area contributed by atoms with Crippen LogP contribution < -0.4 is 0 Å². The van der Waals surface area contributed by atoms with Crippen molar-refractivity contribution in [1.82, 2.24) is 9.88 Å². The summed E-state index contributed by atoms with van der Waals surface area (Å²) in [5.41, 5.74) is -0.0403. The molecule has 190 valence electrons. The number of nitrogens with zero attached hydrogens (tertiary/aromatic N) is 4. The van der Waals surface area contributed by atoms with E-state index in [0.29, 0.717) is 24.5 Å². The molecule has 37 heavy (non-hydrogen) atoms. The highest BCUT2D eigenvalue weighted by Gasteiger charge is 2.62. The van der Waals surface area contributed by atoms with Crippen molar-refractivity contribution in [3.8, 4) is 0 Å². The Hall–Kier alpha value is -3.43. The molecule has 0 spiro atoms. The van der Waals surface area contributed by atoms with Gasteiger partial charge in [-0.05, 0) is 47.5 Å². The normalized spacial score (nSPS) is 20.1. The smallest absolute Gasteiger partial charge is 0.374 e. The molecule has 11 heteroatoms. The molecule has 2 aromatic carbocycles. The van der Waals surface area contributed by atoms with E-state index >= 15 is 0 Å². The van der Waals surface area contributed by atoms with E-state index in [4.69, 9.17) is 28.0 Å². The van der Waals surface area contributed by atoms with Crippen molar-refractivity contribution in [1.29, 1.82) is 0 Å². The number of aliphatic imine (C=N–C) groups is 1. The molecule has 3 aromatic rings. The molecular weight excluding hydrogens is 528 g/mol. The summed E-state index contributed by atoms with van der Waals surface area (Å²) in [5, 5.41) is 3.97. The number of amides is 1. The van der Waals surface area contributed by atoms with Crippen molar-refractivity contribution in [2.24, 2.45) is 10.1 Å². The molecule has 1 amide bonds. The van der Waals surface area contributed by atoms with Crippen LogP contribution in [0.4, 0.5) is 13.2 Å². The fraction of sp³-hybridized carbons (Fsp3) is 0.231. The van der Waals surface area contributed by atoms with Crippen LogP contribution in [0.25, 0.3) is 0 Å². The maximum Gasteiger partial charge on any atom is 0.435 e. The molecule has 5 rings (SSSR count). The maximum absolute atomic E-state index is 14.4. The number of carbonyl (C=O) groups is 1. The first-order valence-corrected chi connectivity index (χ1v) is 12.0. The predicted octanol–water partition coefficient (Wildman–Crippen LogP) is 6.28. The van der Waals surface area contributed by atoms with E-state index < -0.39 is 18.2 Å². The Bertz CT molecular complexity index is 1420. The van der Waals surface area contributed by atoms with Crippen LogP contribution in [0.2, 0.25) is 10.0 Å². The first-order chi connectivity index (χ1) is 17.6. The predicted molar refractivity (Wildman–Crippen MR) is 134 cm³/mol. The Balaban J connectivity index is 1.47. The van der Waals surface area contributed by atoms with E-state index in [2.05, 4.69) is 15.1 Å². The summed E-state index contributed by atoms with van der Waals surface area (Å²) in [7, 11) is 0. The number of oxime groups is 1. The van der Waals surface area contributed by atoms with Gasteiger partial charge >= 0.3 is 6.18 Å². The summed E-state index contributed by atoms with van der Waals surface area (Å²) in [5.74, 6) is 0.129. The van der Waals surface area contributed by atoms with Crippen molar-refractivity contribution in [2.75, 3.05) is 0 Å². The minimum absolute atomic E-state index is 0.0611. The molecular formula is C26H19Cl2F3N4O2. The first-order valence-electron chi connectivity index (χ1n) is 11.2. The number of hydrogen-bond acceptors (Lipinski definition) is 4. The van der Waals surface area contributed by atoms with Gasteiger partial charge in [0, 0.05) is 47.3 Å². The molecule has 0 aliphatic carbocycles. The molecule has 0 fully saturated rings. The lowest BCUT2D eigenvalue weighted by Crippen LogP contribution is -2.42. The molecule has 2 aliphatic heterocycles. The van der Waals surface area contributed by atoms with Crippen LogP contribution in [0.15, 0.2) is 70.9 Å². The molecule has 3 heterocycles. The zero-order chi connectivity index (χ0) is 26.4. The Kier molecular flexibility index (Phi) is 6.45. The third-order valence-electron chi connectivity index (χ3n) is 6.20. The number of hydrogen-bond donors (Lipinski definition) is 0. The van der Waals surface area contributed by atoms with E-state index in [0.717, 1.165) is 16.8 Å². The van der Waals surface area contributed by atoms with Crippen LogP contribution in [0.3, 0.4) is 0 Å². The Labute approximate surface area is 220 Å².